The molecule has 1 saturated carbocycles. The molecule has 1 aliphatic carbocycles. The molecular formula is C37H44FN5O6S. The molecular weight excluding hydrogens is 662 g/mol. The minimum Gasteiger partial charge on any atom is -0.453 e. The topological polar surface area (TPSA) is 115 Å². The number of aromatic nitrogens is 2. The maximum atomic E-state index is 15.0. The van der Waals surface area contributed by atoms with Gasteiger partial charge in [0.25, 0.3) is 0 Å². The number of halogens is 1. The number of carbonyl (C=O) groups is 2. The highest BCUT2D eigenvalue weighted by molar-refractivity contribution is 7.22. The van der Waals surface area contributed by atoms with Crippen LogP contribution in [0.4, 0.5) is 9.18 Å². The second kappa shape index (κ2) is 17.8. The third kappa shape index (κ3) is 10.3. The zero-order valence-corrected chi connectivity index (χ0v) is 29.2. The summed E-state index contributed by atoms with van der Waals surface area (Å²) in [5.74, 6) is 0.792. The average Bonchev–Trinajstić information content (AvgIpc) is 3.82. The van der Waals surface area contributed by atoms with Crippen LogP contribution < -0.4 is 10.1 Å². The van der Waals surface area contributed by atoms with E-state index in [2.05, 4.69) is 21.3 Å². The average molecular weight is 706 g/mol. The Kier molecular flexibility index (Phi) is 12.7. The molecule has 266 valence electrons. The van der Waals surface area contributed by atoms with Crippen molar-refractivity contribution in [2.75, 3.05) is 72.9 Å². The molecule has 4 heterocycles. The van der Waals surface area contributed by atoms with Crippen LogP contribution in [0.3, 0.4) is 0 Å². The summed E-state index contributed by atoms with van der Waals surface area (Å²) in [5, 5.41) is 2.93. The number of rotatable bonds is 18. The van der Waals surface area contributed by atoms with Gasteiger partial charge in [-0.05, 0) is 54.2 Å². The third-order valence-corrected chi connectivity index (χ3v) is 9.84. The van der Waals surface area contributed by atoms with Gasteiger partial charge in [-0.1, -0.05) is 12.1 Å². The second-order valence-corrected chi connectivity index (χ2v) is 13.7. The Morgan fingerprint density at radius 2 is 1.70 bits per heavy atom. The smallest absolute Gasteiger partial charge is 0.317 e. The van der Waals surface area contributed by atoms with E-state index in [1.54, 1.807) is 31.5 Å². The van der Waals surface area contributed by atoms with Gasteiger partial charge in [0, 0.05) is 77.7 Å². The second-order valence-electron chi connectivity index (χ2n) is 12.6. The van der Waals surface area contributed by atoms with Crippen molar-refractivity contribution in [1.82, 2.24) is 25.1 Å². The monoisotopic (exact) mass is 705 g/mol. The highest BCUT2D eigenvalue weighted by atomic mass is 32.1. The number of ketones is 1. The van der Waals surface area contributed by atoms with Crippen molar-refractivity contribution in [3.05, 3.63) is 71.8 Å². The zero-order chi connectivity index (χ0) is 34.7. The van der Waals surface area contributed by atoms with Gasteiger partial charge in [-0.3, -0.25) is 19.7 Å². The number of amides is 2. The molecule has 0 bridgehead atoms. The van der Waals surface area contributed by atoms with Gasteiger partial charge in [0.05, 0.1) is 53.8 Å². The van der Waals surface area contributed by atoms with E-state index in [1.165, 1.54) is 17.4 Å². The predicted molar refractivity (Wildman–Crippen MR) is 189 cm³/mol. The van der Waals surface area contributed by atoms with Gasteiger partial charge in [-0.15, -0.1) is 11.3 Å². The number of benzene rings is 1. The quantitative estimate of drug-likeness (QED) is 0.130. The van der Waals surface area contributed by atoms with Gasteiger partial charge >= 0.3 is 6.03 Å². The fourth-order valence-corrected chi connectivity index (χ4v) is 6.80. The highest BCUT2D eigenvalue weighted by Crippen LogP contribution is 2.39. The first-order valence-electron chi connectivity index (χ1n) is 17.2. The Morgan fingerprint density at radius 3 is 2.44 bits per heavy atom. The lowest BCUT2D eigenvalue weighted by molar-refractivity contribution is -0.118. The maximum absolute atomic E-state index is 15.0. The summed E-state index contributed by atoms with van der Waals surface area (Å²) in [6.45, 7) is 6.58. The third-order valence-electron chi connectivity index (χ3n) is 8.68. The molecule has 2 aliphatic rings. The van der Waals surface area contributed by atoms with E-state index in [9.17, 15) is 9.59 Å². The van der Waals surface area contributed by atoms with E-state index in [-0.39, 0.29) is 24.0 Å². The van der Waals surface area contributed by atoms with Gasteiger partial charge < -0.3 is 29.2 Å². The van der Waals surface area contributed by atoms with Crippen LogP contribution in [-0.2, 0) is 32.0 Å². The van der Waals surface area contributed by atoms with Gasteiger partial charge in [-0.2, -0.15) is 0 Å². The summed E-state index contributed by atoms with van der Waals surface area (Å²) in [6.07, 6.45) is 6.60. The molecule has 0 atom stereocenters. The molecule has 1 aliphatic heterocycles. The summed E-state index contributed by atoms with van der Waals surface area (Å²) in [6, 6.07) is 12.4. The predicted octanol–water partition coefficient (Wildman–Crippen LogP) is 5.71. The molecule has 0 unspecified atom stereocenters. The van der Waals surface area contributed by atoms with Crippen LogP contribution >= 0.6 is 11.3 Å². The normalized spacial score (nSPS) is 15.0. The number of fused-ring (bicyclic) bond motifs is 1. The van der Waals surface area contributed by atoms with Crippen LogP contribution in [-0.4, -0.2) is 104 Å². The van der Waals surface area contributed by atoms with E-state index >= 15 is 4.39 Å². The van der Waals surface area contributed by atoms with E-state index < -0.39 is 5.82 Å². The number of ether oxygens (including phenoxy) is 4. The Hall–Kier alpha value is -4.01. The molecule has 1 saturated heterocycles. The molecule has 6 rings (SSSR count). The number of thiophene rings is 1. The Morgan fingerprint density at radius 1 is 0.920 bits per heavy atom. The molecule has 1 aromatic carbocycles. The molecule has 3 aromatic heterocycles. The van der Waals surface area contributed by atoms with Crippen LogP contribution in [0.25, 0.3) is 20.8 Å². The molecule has 1 N–H and O–H groups in total. The number of carbonyl (C=O) groups excluding carboxylic acids is 2. The lowest BCUT2D eigenvalue weighted by Gasteiger charge is -2.34. The van der Waals surface area contributed by atoms with E-state index in [0.717, 1.165) is 58.8 Å². The lowest BCUT2D eigenvalue weighted by Crippen LogP contribution is -2.51. The molecule has 50 heavy (non-hydrogen) atoms. The molecule has 13 heteroatoms. The molecule has 4 aromatic rings. The summed E-state index contributed by atoms with van der Waals surface area (Å²) >= 11 is 1.49. The van der Waals surface area contributed by atoms with Crippen LogP contribution in [0.15, 0.2) is 54.9 Å². The van der Waals surface area contributed by atoms with Crippen molar-refractivity contribution >= 4 is 33.4 Å². The van der Waals surface area contributed by atoms with Gasteiger partial charge in [0.1, 0.15) is 11.5 Å². The summed E-state index contributed by atoms with van der Waals surface area (Å²) in [5.41, 5.74) is 3.31. The molecule has 2 amide bonds. The first-order chi connectivity index (χ1) is 24.4. The van der Waals surface area contributed by atoms with E-state index in [1.807, 2.05) is 23.2 Å². The van der Waals surface area contributed by atoms with Crippen LogP contribution in [0.2, 0.25) is 0 Å². The minimum absolute atomic E-state index is 0.0721. The molecule has 0 radical (unpaired) electrons. The van der Waals surface area contributed by atoms with Crippen molar-refractivity contribution in [2.45, 2.75) is 32.2 Å². The number of pyridine rings is 2. The zero-order valence-electron chi connectivity index (χ0n) is 28.4. The summed E-state index contributed by atoms with van der Waals surface area (Å²) < 4.78 is 37.6. The Bertz CT molecular complexity index is 1730. The van der Waals surface area contributed by atoms with Crippen LogP contribution in [0.1, 0.15) is 30.4 Å². The Labute approximate surface area is 295 Å². The minimum atomic E-state index is -0.497. The number of hydrogen-bond acceptors (Lipinski definition) is 10. The number of nitrogens with one attached hydrogen (secondary N) is 1. The van der Waals surface area contributed by atoms with Crippen molar-refractivity contribution in [1.29, 1.82) is 0 Å². The standard InChI is InChI=1S/C37H44FN5O6S/c1-46-16-17-48-19-18-47-15-10-40-37(45)43-13-11-42(12-14-43)25-28-4-6-31(41-24-28)35-23-32-36(50-35)34(8-9-39-32)49-33-7-5-27(22-30(33)38)21-29(44)20-26-2-3-26/h4-9,22-24,26H,2-3,10-21,25H2,1H3,(H,40,45). The molecule has 11 nitrogen and oxygen atoms in total. The van der Waals surface area contributed by atoms with Crippen LogP contribution in [0, 0.1) is 11.7 Å². The number of hydrogen-bond donors (Lipinski definition) is 1. The number of piperazine rings is 1. The first-order valence-corrected chi connectivity index (χ1v) is 18.0. The van der Waals surface area contributed by atoms with E-state index in [4.69, 9.17) is 23.9 Å². The van der Waals surface area contributed by atoms with Crippen molar-refractivity contribution in [2.24, 2.45) is 5.92 Å². The summed E-state index contributed by atoms with van der Waals surface area (Å²) in [7, 11) is 1.63. The number of urea groups is 1. The first kappa shape index (κ1) is 35.8. The van der Waals surface area contributed by atoms with Gasteiger partial charge in [0.2, 0.25) is 0 Å². The van der Waals surface area contributed by atoms with Crippen LogP contribution in [0.5, 0.6) is 11.5 Å². The molecule has 0 spiro atoms. The fourth-order valence-electron chi connectivity index (χ4n) is 5.76. The Balaban J connectivity index is 0.960. The van der Waals surface area contributed by atoms with Crippen molar-refractivity contribution in [3.63, 3.8) is 0 Å². The molecule has 2 fully saturated rings. The van der Waals surface area contributed by atoms with Crippen molar-refractivity contribution < 1.29 is 32.9 Å². The fraction of sp³-hybridized carbons (Fsp3) is 0.459. The number of methoxy groups -OCH3 is 1. The van der Waals surface area contributed by atoms with E-state index in [0.29, 0.717) is 76.3 Å². The number of Topliss-reactive ketones (excluding diaryl/α,β-unsaturated/α-hetero) is 1. The maximum Gasteiger partial charge on any atom is 0.317 e. The highest BCUT2D eigenvalue weighted by Gasteiger charge is 2.25. The SMILES string of the molecule is COCCOCCOCCNC(=O)N1CCN(Cc2ccc(-c3cc4nccc(Oc5ccc(CC(=O)CC6CC6)cc5F)c4s3)nc2)CC1. The van der Waals surface area contributed by atoms with Crippen molar-refractivity contribution in [3.8, 4) is 22.1 Å². The van der Waals surface area contributed by atoms with Gasteiger partial charge in [0.15, 0.2) is 11.6 Å². The largest absolute Gasteiger partial charge is 0.453 e. The summed E-state index contributed by atoms with van der Waals surface area (Å²) in [4.78, 5) is 39.1. The lowest BCUT2D eigenvalue weighted by atomic mass is 10.0. The van der Waals surface area contributed by atoms with Gasteiger partial charge in [-0.25, -0.2) is 9.18 Å². The number of nitrogens with zero attached hydrogens (tertiary/aromatic N) is 4.